The van der Waals surface area contributed by atoms with Gasteiger partial charge in [0.25, 0.3) is 0 Å². The van der Waals surface area contributed by atoms with Crippen LogP contribution in [0.15, 0.2) is 53.6 Å². The van der Waals surface area contributed by atoms with E-state index in [1.807, 2.05) is 36.5 Å². The highest BCUT2D eigenvalue weighted by Gasteiger charge is 2.18. The van der Waals surface area contributed by atoms with E-state index in [0.29, 0.717) is 0 Å². The fourth-order valence-electron chi connectivity index (χ4n) is 2.27. The van der Waals surface area contributed by atoms with Gasteiger partial charge < -0.3 is 5.11 Å². The summed E-state index contributed by atoms with van der Waals surface area (Å²) in [6, 6.07) is 16.2. The summed E-state index contributed by atoms with van der Waals surface area (Å²) in [5.74, 6) is 0. The van der Waals surface area contributed by atoms with Crippen molar-refractivity contribution in [1.82, 2.24) is 5.43 Å². The molecule has 0 saturated heterocycles. The van der Waals surface area contributed by atoms with Crippen molar-refractivity contribution >= 4 is 6.21 Å². The van der Waals surface area contributed by atoms with Gasteiger partial charge in [0.05, 0.1) is 18.9 Å². The van der Waals surface area contributed by atoms with E-state index in [2.05, 4.69) is 28.7 Å². The highest BCUT2D eigenvalue weighted by Crippen LogP contribution is 2.27. The highest BCUT2D eigenvalue weighted by molar-refractivity contribution is 5.83. The molecule has 2 N–H and O–H groups in total. The monoisotopic (exact) mass is 238 g/mol. The Labute approximate surface area is 106 Å². The van der Waals surface area contributed by atoms with Gasteiger partial charge in [-0.25, -0.2) is 0 Å². The first-order valence-electron chi connectivity index (χ1n) is 5.96. The number of benzene rings is 2. The molecule has 1 aliphatic rings. The molecule has 3 rings (SSSR count). The zero-order chi connectivity index (χ0) is 12.4. The Morgan fingerprint density at radius 1 is 1.11 bits per heavy atom. The van der Waals surface area contributed by atoms with Crippen molar-refractivity contribution in [3.05, 3.63) is 70.8 Å². The minimum atomic E-state index is 0.0534. The lowest BCUT2D eigenvalue weighted by atomic mass is 9.93. The average molecular weight is 238 g/mol. The fraction of sp³-hybridized carbons (Fsp3) is 0.133. The minimum Gasteiger partial charge on any atom is -0.392 e. The number of aliphatic hydroxyl groups excluding tert-OH is 1. The van der Waals surface area contributed by atoms with Gasteiger partial charge >= 0.3 is 0 Å². The van der Waals surface area contributed by atoms with Crippen molar-refractivity contribution < 1.29 is 5.11 Å². The number of rotatable bonds is 2. The van der Waals surface area contributed by atoms with Crippen LogP contribution in [0.2, 0.25) is 0 Å². The van der Waals surface area contributed by atoms with Gasteiger partial charge in [0.2, 0.25) is 0 Å². The van der Waals surface area contributed by atoms with Crippen molar-refractivity contribution in [2.45, 2.75) is 12.6 Å². The van der Waals surface area contributed by atoms with Gasteiger partial charge in [-0.15, -0.1) is 0 Å². The van der Waals surface area contributed by atoms with Crippen molar-refractivity contribution in [3.8, 4) is 0 Å². The van der Waals surface area contributed by atoms with Gasteiger partial charge in [-0.05, 0) is 16.7 Å². The SMILES string of the molecule is OCc1cccc(C2NN=Cc3ccccc32)c1. The molecule has 18 heavy (non-hydrogen) atoms. The third-order valence-electron chi connectivity index (χ3n) is 3.18. The Bertz CT molecular complexity index is 593. The summed E-state index contributed by atoms with van der Waals surface area (Å²) in [5.41, 5.74) is 7.51. The number of fused-ring (bicyclic) bond motifs is 1. The summed E-state index contributed by atoms with van der Waals surface area (Å²) in [4.78, 5) is 0. The van der Waals surface area contributed by atoms with Crippen molar-refractivity contribution in [2.24, 2.45) is 5.10 Å². The molecule has 0 aliphatic carbocycles. The summed E-state index contributed by atoms with van der Waals surface area (Å²) >= 11 is 0. The number of hydrazone groups is 1. The van der Waals surface area contributed by atoms with Gasteiger partial charge in [0, 0.05) is 5.56 Å². The summed E-state index contributed by atoms with van der Waals surface area (Å²) in [7, 11) is 0. The Balaban J connectivity index is 2.05. The zero-order valence-electron chi connectivity index (χ0n) is 9.88. The summed E-state index contributed by atoms with van der Waals surface area (Å²) in [6.45, 7) is 0.0610. The second kappa shape index (κ2) is 4.63. The maximum Gasteiger partial charge on any atom is 0.0946 e. The van der Waals surface area contributed by atoms with Gasteiger partial charge in [0.1, 0.15) is 0 Å². The van der Waals surface area contributed by atoms with Crippen LogP contribution in [0.3, 0.4) is 0 Å². The van der Waals surface area contributed by atoms with Crippen LogP contribution >= 0.6 is 0 Å². The molecule has 0 radical (unpaired) electrons. The van der Waals surface area contributed by atoms with E-state index in [-0.39, 0.29) is 12.6 Å². The lowest BCUT2D eigenvalue weighted by Crippen LogP contribution is -2.22. The molecule has 1 heterocycles. The molecule has 90 valence electrons. The minimum absolute atomic E-state index is 0.0534. The van der Waals surface area contributed by atoms with Crippen molar-refractivity contribution in [1.29, 1.82) is 0 Å². The number of nitrogens with one attached hydrogen (secondary N) is 1. The highest BCUT2D eigenvalue weighted by atomic mass is 16.3. The van der Waals surface area contributed by atoms with Gasteiger partial charge in [0.15, 0.2) is 0 Å². The van der Waals surface area contributed by atoms with Gasteiger partial charge in [-0.1, -0.05) is 48.5 Å². The van der Waals surface area contributed by atoms with Crippen molar-refractivity contribution in [3.63, 3.8) is 0 Å². The largest absolute Gasteiger partial charge is 0.392 e. The maximum absolute atomic E-state index is 9.21. The number of hydrogen-bond acceptors (Lipinski definition) is 3. The van der Waals surface area contributed by atoms with E-state index < -0.39 is 0 Å². The Morgan fingerprint density at radius 3 is 2.89 bits per heavy atom. The molecule has 1 unspecified atom stereocenters. The predicted octanol–water partition coefficient (Wildman–Crippen LogP) is 2.21. The zero-order valence-corrected chi connectivity index (χ0v) is 9.88. The predicted molar refractivity (Wildman–Crippen MR) is 71.4 cm³/mol. The van der Waals surface area contributed by atoms with Gasteiger partial charge in [-0.3, -0.25) is 5.43 Å². The Morgan fingerprint density at radius 2 is 2.00 bits per heavy atom. The van der Waals surface area contributed by atoms with Crippen LogP contribution in [0.25, 0.3) is 0 Å². The van der Waals surface area contributed by atoms with Crippen LogP contribution in [-0.4, -0.2) is 11.3 Å². The third-order valence-corrected chi connectivity index (χ3v) is 3.18. The summed E-state index contributed by atoms with van der Waals surface area (Å²) in [6.07, 6.45) is 1.84. The molecule has 2 aromatic rings. The molecule has 3 nitrogen and oxygen atoms in total. The Hall–Kier alpha value is -2.13. The molecule has 1 atom stereocenters. The van der Waals surface area contributed by atoms with Gasteiger partial charge in [-0.2, -0.15) is 5.10 Å². The summed E-state index contributed by atoms with van der Waals surface area (Å²) < 4.78 is 0. The fourth-order valence-corrected chi connectivity index (χ4v) is 2.27. The Kier molecular flexibility index (Phi) is 2.82. The second-order valence-corrected chi connectivity index (χ2v) is 4.35. The standard InChI is InChI=1S/C15H14N2O/c18-10-11-4-3-6-12(8-11)15-14-7-2-1-5-13(14)9-16-17-15/h1-9,15,17-18H,10H2. The molecular formula is C15H14N2O. The van der Waals surface area contributed by atoms with Crippen LogP contribution in [0, 0.1) is 0 Å². The van der Waals surface area contributed by atoms with E-state index in [4.69, 9.17) is 0 Å². The first-order valence-corrected chi connectivity index (χ1v) is 5.96. The van der Waals surface area contributed by atoms with E-state index in [1.54, 1.807) is 0 Å². The van der Waals surface area contributed by atoms with Crippen molar-refractivity contribution in [2.75, 3.05) is 0 Å². The molecule has 0 amide bonds. The normalized spacial score (nSPS) is 17.1. The quantitative estimate of drug-likeness (QED) is 0.842. The van der Waals surface area contributed by atoms with E-state index in [0.717, 1.165) is 16.7 Å². The van der Waals surface area contributed by atoms with E-state index in [9.17, 15) is 5.11 Å². The van der Waals surface area contributed by atoms with Crippen LogP contribution in [0.4, 0.5) is 0 Å². The van der Waals surface area contributed by atoms with E-state index in [1.165, 1.54) is 5.56 Å². The van der Waals surface area contributed by atoms with Crippen LogP contribution < -0.4 is 5.43 Å². The molecular weight excluding hydrogens is 224 g/mol. The van der Waals surface area contributed by atoms with Crippen LogP contribution in [0.1, 0.15) is 28.3 Å². The molecule has 0 aromatic heterocycles. The number of nitrogens with zero attached hydrogens (tertiary/aromatic N) is 1. The number of hydrogen-bond donors (Lipinski definition) is 2. The molecule has 1 aliphatic heterocycles. The summed E-state index contributed by atoms with van der Waals surface area (Å²) in [5, 5.41) is 13.4. The average Bonchev–Trinajstić information content (AvgIpc) is 2.47. The molecule has 0 bridgehead atoms. The first kappa shape index (κ1) is 11.0. The van der Waals surface area contributed by atoms with Crippen LogP contribution in [0.5, 0.6) is 0 Å². The lowest BCUT2D eigenvalue weighted by Gasteiger charge is -2.23. The smallest absolute Gasteiger partial charge is 0.0946 e. The molecule has 0 spiro atoms. The lowest BCUT2D eigenvalue weighted by molar-refractivity contribution is 0.281. The maximum atomic E-state index is 9.21. The third kappa shape index (κ3) is 1.89. The van der Waals surface area contributed by atoms with Crippen LogP contribution in [-0.2, 0) is 6.61 Å². The molecule has 3 heteroatoms. The molecule has 0 saturated carbocycles. The molecule has 2 aromatic carbocycles. The second-order valence-electron chi connectivity index (χ2n) is 4.35. The number of aliphatic hydroxyl groups is 1. The topological polar surface area (TPSA) is 44.6 Å². The first-order chi connectivity index (χ1) is 8.88. The van der Waals surface area contributed by atoms with E-state index >= 15 is 0 Å². The molecule has 0 fully saturated rings.